The minimum Gasteiger partial charge on any atom is -0.467 e. The maximum Gasteiger partial charge on any atom is 0.129 e. The molecule has 0 saturated heterocycles. The molecule has 15 heavy (non-hydrogen) atoms. The van der Waals surface area contributed by atoms with Crippen LogP contribution in [0.15, 0.2) is 27.4 Å². The van der Waals surface area contributed by atoms with Crippen molar-refractivity contribution in [3.8, 4) is 0 Å². The average Bonchev–Trinajstić information content (AvgIpc) is 2.73. The van der Waals surface area contributed by atoms with Crippen molar-refractivity contribution in [1.82, 2.24) is 9.78 Å². The first-order valence-corrected chi connectivity index (χ1v) is 5.37. The van der Waals surface area contributed by atoms with E-state index in [1.165, 1.54) is 0 Å². The van der Waals surface area contributed by atoms with Gasteiger partial charge in [0, 0.05) is 7.05 Å². The Morgan fingerprint density at radius 2 is 2.33 bits per heavy atom. The van der Waals surface area contributed by atoms with Crippen molar-refractivity contribution in [3.63, 3.8) is 0 Å². The Morgan fingerprint density at radius 3 is 2.80 bits per heavy atom. The number of aromatic nitrogens is 2. The van der Waals surface area contributed by atoms with Gasteiger partial charge in [0.15, 0.2) is 0 Å². The summed E-state index contributed by atoms with van der Waals surface area (Å²) in [6, 6.07) is 1.61. The van der Waals surface area contributed by atoms with Gasteiger partial charge in [0.05, 0.1) is 22.6 Å². The van der Waals surface area contributed by atoms with Gasteiger partial charge in [-0.05, 0) is 34.5 Å². The van der Waals surface area contributed by atoms with E-state index in [1.54, 1.807) is 17.1 Å². The molecule has 2 heterocycles. The molecule has 0 aliphatic rings. The third-order valence-corrected chi connectivity index (χ3v) is 3.03. The van der Waals surface area contributed by atoms with Crippen LogP contribution in [0.1, 0.15) is 23.1 Å². The number of furan rings is 1. The highest BCUT2D eigenvalue weighted by Gasteiger charge is 2.20. The predicted octanol–water partition coefficient (Wildman–Crippen LogP) is 2.13. The van der Waals surface area contributed by atoms with Crippen LogP contribution in [0.25, 0.3) is 0 Å². The molecule has 80 valence electrons. The van der Waals surface area contributed by atoms with E-state index in [2.05, 4.69) is 21.0 Å². The highest BCUT2D eigenvalue weighted by Crippen LogP contribution is 2.28. The molecule has 0 amide bonds. The Hall–Kier alpha value is -1.07. The van der Waals surface area contributed by atoms with Crippen LogP contribution in [-0.2, 0) is 7.05 Å². The van der Waals surface area contributed by atoms with Crippen LogP contribution < -0.4 is 5.73 Å². The minimum absolute atomic E-state index is 0.290. The van der Waals surface area contributed by atoms with Crippen molar-refractivity contribution in [3.05, 3.63) is 40.0 Å². The van der Waals surface area contributed by atoms with Crippen LogP contribution in [0.3, 0.4) is 0 Å². The van der Waals surface area contributed by atoms with Gasteiger partial charge in [-0.2, -0.15) is 5.10 Å². The van der Waals surface area contributed by atoms with Gasteiger partial charge in [-0.3, -0.25) is 4.68 Å². The minimum atomic E-state index is -0.290. The van der Waals surface area contributed by atoms with E-state index in [1.807, 2.05) is 20.0 Å². The zero-order chi connectivity index (χ0) is 11.0. The van der Waals surface area contributed by atoms with E-state index in [-0.39, 0.29) is 6.04 Å². The van der Waals surface area contributed by atoms with E-state index in [0.717, 1.165) is 21.5 Å². The van der Waals surface area contributed by atoms with Gasteiger partial charge < -0.3 is 10.2 Å². The summed E-state index contributed by atoms with van der Waals surface area (Å²) in [5, 5.41) is 4.12. The molecule has 2 aromatic heterocycles. The molecule has 0 bridgehead atoms. The largest absolute Gasteiger partial charge is 0.467 e. The molecule has 1 unspecified atom stereocenters. The summed E-state index contributed by atoms with van der Waals surface area (Å²) >= 11 is 3.42. The van der Waals surface area contributed by atoms with Crippen LogP contribution in [0, 0.1) is 6.92 Å². The number of hydrogen-bond donors (Lipinski definition) is 1. The molecule has 2 aromatic rings. The van der Waals surface area contributed by atoms with Gasteiger partial charge in [-0.25, -0.2) is 0 Å². The summed E-state index contributed by atoms with van der Waals surface area (Å²) in [4.78, 5) is 0. The van der Waals surface area contributed by atoms with E-state index in [4.69, 9.17) is 10.2 Å². The molecule has 0 spiro atoms. The Balaban J connectivity index is 2.45. The Morgan fingerprint density at radius 1 is 1.60 bits per heavy atom. The molecule has 0 fully saturated rings. The molecule has 2 rings (SSSR count). The molecular weight excluding hydrogens is 258 g/mol. The Kier molecular flexibility index (Phi) is 2.67. The maximum atomic E-state index is 6.12. The third kappa shape index (κ3) is 1.72. The molecule has 0 aromatic carbocycles. The highest BCUT2D eigenvalue weighted by molar-refractivity contribution is 9.10. The average molecular weight is 270 g/mol. The van der Waals surface area contributed by atoms with Crippen LogP contribution in [-0.4, -0.2) is 9.78 Å². The number of halogens is 1. The molecule has 0 radical (unpaired) electrons. The lowest BCUT2D eigenvalue weighted by atomic mass is 10.1. The van der Waals surface area contributed by atoms with Crippen molar-refractivity contribution < 1.29 is 4.42 Å². The number of rotatable bonds is 2. The fourth-order valence-corrected chi connectivity index (χ4v) is 2.19. The van der Waals surface area contributed by atoms with Crippen molar-refractivity contribution >= 4 is 15.9 Å². The summed E-state index contributed by atoms with van der Waals surface area (Å²) < 4.78 is 8.02. The molecular formula is C10H12BrN3O. The molecule has 0 aliphatic heterocycles. The number of nitrogens with two attached hydrogens (primary N) is 1. The summed E-state index contributed by atoms with van der Waals surface area (Å²) in [5.74, 6) is 0.777. The molecule has 4 nitrogen and oxygen atoms in total. The van der Waals surface area contributed by atoms with Crippen molar-refractivity contribution in [2.45, 2.75) is 13.0 Å². The Bertz CT molecular complexity index is 455. The first kappa shape index (κ1) is 10.4. The molecule has 0 saturated carbocycles. The number of hydrogen-bond acceptors (Lipinski definition) is 3. The van der Waals surface area contributed by atoms with Crippen molar-refractivity contribution in [1.29, 1.82) is 0 Å². The number of nitrogens with zero attached hydrogens (tertiary/aromatic N) is 2. The van der Waals surface area contributed by atoms with Gasteiger partial charge in [0.2, 0.25) is 0 Å². The lowest BCUT2D eigenvalue weighted by molar-refractivity contribution is 0.475. The third-order valence-electron chi connectivity index (χ3n) is 2.42. The fourth-order valence-electron chi connectivity index (χ4n) is 1.60. The Labute approximate surface area is 96.2 Å². The van der Waals surface area contributed by atoms with E-state index in [9.17, 15) is 0 Å². The summed E-state index contributed by atoms with van der Waals surface area (Å²) in [5.41, 5.74) is 8.08. The summed E-state index contributed by atoms with van der Waals surface area (Å²) in [6.45, 7) is 1.98. The van der Waals surface area contributed by atoms with Gasteiger partial charge >= 0.3 is 0 Å². The van der Waals surface area contributed by atoms with Crippen LogP contribution in [0.2, 0.25) is 0 Å². The summed E-state index contributed by atoms with van der Waals surface area (Å²) in [6.07, 6.45) is 3.38. The summed E-state index contributed by atoms with van der Waals surface area (Å²) in [7, 11) is 1.86. The molecule has 1 atom stereocenters. The van der Waals surface area contributed by atoms with E-state index >= 15 is 0 Å². The van der Waals surface area contributed by atoms with Crippen LogP contribution in [0.4, 0.5) is 0 Å². The molecule has 5 heteroatoms. The lowest BCUT2D eigenvalue weighted by Gasteiger charge is -2.11. The number of aryl methyl sites for hydroxylation is 2. The normalized spacial score (nSPS) is 13.1. The van der Waals surface area contributed by atoms with Crippen LogP contribution in [0.5, 0.6) is 0 Å². The predicted molar refractivity (Wildman–Crippen MR) is 60.4 cm³/mol. The van der Waals surface area contributed by atoms with E-state index in [0.29, 0.717) is 0 Å². The SMILES string of the molecule is Cc1ccoc1C(N)c1c(Br)cnn1C. The first-order valence-electron chi connectivity index (χ1n) is 4.58. The maximum absolute atomic E-state index is 6.12. The van der Waals surface area contributed by atoms with Crippen LogP contribution >= 0.6 is 15.9 Å². The van der Waals surface area contributed by atoms with Crippen molar-refractivity contribution in [2.24, 2.45) is 12.8 Å². The monoisotopic (exact) mass is 269 g/mol. The van der Waals surface area contributed by atoms with Gasteiger partial charge in [0.1, 0.15) is 11.8 Å². The second kappa shape index (κ2) is 3.83. The topological polar surface area (TPSA) is 57.0 Å². The fraction of sp³-hybridized carbons (Fsp3) is 0.300. The van der Waals surface area contributed by atoms with Crippen molar-refractivity contribution in [2.75, 3.05) is 0 Å². The smallest absolute Gasteiger partial charge is 0.129 e. The van der Waals surface area contributed by atoms with Gasteiger partial charge in [-0.1, -0.05) is 0 Å². The van der Waals surface area contributed by atoms with Gasteiger partial charge in [-0.15, -0.1) is 0 Å². The van der Waals surface area contributed by atoms with E-state index < -0.39 is 0 Å². The second-order valence-corrected chi connectivity index (χ2v) is 4.30. The standard InChI is InChI=1S/C10H12BrN3O/c1-6-3-4-15-10(6)8(12)9-7(11)5-13-14(9)2/h3-5,8H,12H2,1-2H3. The molecule has 0 aliphatic carbocycles. The van der Waals surface area contributed by atoms with Gasteiger partial charge in [0.25, 0.3) is 0 Å². The lowest BCUT2D eigenvalue weighted by Crippen LogP contribution is -2.16. The highest BCUT2D eigenvalue weighted by atomic mass is 79.9. The molecule has 2 N–H and O–H groups in total. The first-order chi connectivity index (χ1) is 7.11. The second-order valence-electron chi connectivity index (χ2n) is 3.45. The zero-order valence-electron chi connectivity index (χ0n) is 8.57. The quantitative estimate of drug-likeness (QED) is 0.909. The zero-order valence-corrected chi connectivity index (χ0v) is 10.2.